The summed E-state index contributed by atoms with van der Waals surface area (Å²) in [6.45, 7) is 5.23. The lowest BCUT2D eigenvalue weighted by Gasteiger charge is -2.32. The van der Waals surface area contributed by atoms with Crippen molar-refractivity contribution >= 4 is 39.3 Å². The van der Waals surface area contributed by atoms with Crippen molar-refractivity contribution in [3.8, 4) is 0 Å². The number of aromatic nitrogens is 1. The van der Waals surface area contributed by atoms with E-state index in [1.165, 1.54) is 18.3 Å². The molecular formula is C21H28N4O3S. The smallest absolute Gasteiger partial charge is 0.253 e. The summed E-state index contributed by atoms with van der Waals surface area (Å²) in [6.07, 6.45) is 5.01. The Morgan fingerprint density at radius 1 is 1.14 bits per heavy atom. The Morgan fingerprint density at radius 3 is 2.55 bits per heavy atom. The number of rotatable bonds is 6. The van der Waals surface area contributed by atoms with E-state index in [-0.39, 0.29) is 35.7 Å². The Hall–Kier alpha value is -2.48. The molecule has 7 nitrogen and oxygen atoms in total. The zero-order valence-electron chi connectivity index (χ0n) is 17.0. The van der Waals surface area contributed by atoms with Gasteiger partial charge < -0.3 is 16.0 Å². The summed E-state index contributed by atoms with van der Waals surface area (Å²) < 4.78 is 0.890. The zero-order chi connectivity index (χ0) is 21.0. The summed E-state index contributed by atoms with van der Waals surface area (Å²) in [7, 11) is 0. The molecule has 156 valence electrons. The lowest BCUT2D eigenvalue weighted by molar-refractivity contribution is -0.129. The van der Waals surface area contributed by atoms with Gasteiger partial charge in [-0.3, -0.25) is 19.4 Å². The zero-order valence-corrected chi connectivity index (χ0v) is 17.8. The van der Waals surface area contributed by atoms with Crippen LogP contribution in [0.2, 0.25) is 0 Å². The first-order valence-corrected chi connectivity index (χ1v) is 10.9. The van der Waals surface area contributed by atoms with Crippen LogP contribution in [0.15, 0.2) is 23.7 Å². The molecule has 1 aliphatic carbocycles. The van der Waals surface area contributed by atoms with Crippen molar-refractivity contribution in [1.29, 1.82) is 0 Å². The first-order valence-electron chi connectivity index (χ1n) is 10.1. The van der Waals surface area contributed by atoms with Crippen LogP contribution >= 0.6 is 11.3 Å². The monoisotopic (exact) mass is 416 g/mol. The minimum atomic E-state index is -0.550. The fourth-order valence-electron chi connectivity index (χ4n) is 3.81. The van der Waals surface area contributed by atoms with Gasteiger partial charge in [0.05, 0.1) is 15.8 Å². The van der Waals surface area contributed by atoms with Crippen LogP contribution in [-0.4, -0.2) is 40.8 Å². The molecule has 2 aromatic rings. The molecule has 0 bridgehead atoms. The van der Waals surface area contributed by atoms with Crippen molar-refractivity contribution in [2.45, 2.75) is 64.6 Å². The van der Waals surface area contributed by atoms with Crippen molar-refractivity contribution in [2.75, 3.05) is 0 Å². The maximum atomic E-state index is 12.8. The van der Waals surface area contributed by atoms with E-state index in [4.69, 9.17) is 0 Å². The van der Waals surface area contributed by atoms with Gasteiger partial charge in [0.2, 0.25) is 11.8 Å². The van der Waals surface area contributed by atoms with Crippen molar-refractivity contribution in [2.24, 2.45) is 5.92 Å². The quantitative estimate of drug-likeness (QED) is 0.674. The van der Waals surface area contributed by atoms with E-state index < -0.39 is 6.04 Å². The molecule has 0 aromatic carbocycles. The lowest BCUT2D eigenvalue weighted by Crippen LogP contribution is -2.53. The number of pyridine rings is 1. The Balaban J connectivity index is 1.60. The maximum Gasteiger partial charge on any atom is 0.253 e. The normalized spacial score (nSPS) is 20.3. The van der Waals surface area contributed by atoms with Gasteiger partial charge >= 0.3 is 0 Å². The van der Waals surface area contributed by atoms with Crippen LogP contribution in [-0.2, 0) is 9.59 Å². The number of thiophene rings is 1. The summed E-state index contributed by atoms with van der Waals surface area (Å²) in [5.41, 5.74) is 1.47. The molecule has 2 heterocycles. The number of nitrogens with one attached hydrogen (secondary N) is 3. The van der Waals surface area contributed by atoms with Gasteiger partial charge in [-0.05, 0) is 49.1 Å². The summed E-state index contributed by atoms with van der Waals surface area (Å²) >= 11 is 1.51. The highest BCUT2D eigenvalue weighted by Gasteiger charge is 2.29. The van der Waals surface area contributed by atoms with Gasteiger partial charge in [0.1, 0.15) is 6.04 Å². The summed E-state index contributed by atoms with van der Waals surface area (Å²) in [5, 5.41) is 10.8. The molecule has 2 unspecified atom stereocenters. The minimum absolute atomic E-state index is 0.00196. The number of fused-ring (bicyclic) bond motifs is 1. The van der Waals surface area contributed by atoms with Gasteiger partial charge in [0.25, 0.3) is 5.91 Å². The van der Waals surface area contributed by atoms with E-state index in [9.17, 15) is 14.4 Å². The van der Waals surface area contributed by atoms with E-state index in [0.717, 1.165) is 29.5 Å². The van der Waals surface area contributed by atoms with Gasteiger partial charge in [-0.15, -0.1) is 11.3 Å². The predicted octanol–water partition coefficient (Wildman–Crippen LogP) is 2.61. The van der Waals surface area contributed by atoms with Gasteiger partial charge in [-0.1, -0.05) is 13.8 Å². The second-order valence-corrected chi connectivity index (χ2v) is 8.87. The molecule has 29 heavy (non-hydrogen) atoms. The topological polar surface area (TPSA) is 100 Å². The molecule has 1 aliphatic rings. The fourth-order valence-corrected chi connectivity index (χ4v) is 4.67. The molecule has 8 heteroatoms. The Kier molecular flexibility index (Phi) is 6.84. The van der Waals surface area contributed by atoms with Crippen LogP contribution in [0.5, 0.6) is 0 Å². The molecule has 0 spiro atoms. The van der Waals surface area contributed by atoms with Crippen LogP contribution < -0.4 is 16.0 Å². The van der Waals surface area contributed by atoms with Crippen molar-refractivity contribution in [3.63, 3.8) is 0 Å². The summed E-state index contributed by atoms with van der Waals surface area (Å²) in [6, 6.07) is 3.09. The third-order valence-electron chi connectivity index (χ3n) is 5.25. The van der Waals surface area contributed by atoms with E-state index in [0.29, 0.717) is 12.0 Å². The number of amides is 3. The second kappa shape index (κ2) is 9.35. The molecule has 0 radical (unpaired) electrons. The number of nitrogens with zero attached hydrogens (tertiary/aromatic N) is 1. The third-order valence-corrected chi connectivity index (χ3v) is 6.19. The van der Waals surface area contributed by atoms with Crippen LogP contribution in [0.1, 0.15) is 56.8 Å². The first kappa shape index (κ1) is 21.2. The highest BCUT2D eigenvalue weighted by atomic mass is 32.1. The predicted molar refractivity (Wildman–Crippen MR) is 114 cm³/mol. The van der Waals surface area contributed by atoms with E-state index >= 15 is 0 Å². The maximum absolute atomic E-state index is 12.8. The van der Waals surface area contributed by atoms with Crippen LogP contribution in [0.3, 0.4) is 0 Å². The number of carbonyl (C=O) groups is 3. The van der Waals surface area contributed by atoms with E-state index in [1.807, 2.05) is 25.3 Å². The van der Waals surface area contributed by atoms with Crippen molar-refractivity contribution in [3.05, 3.63) is 29.3 Å². The molecule has 0 aliphatic heterocycles. The molecule has 0 saturated heterocycles. The SMILES string of the molecule is CC(=O)N[C@@H](C(=O)NC1CCCC(NC(=O)c2ccnc3ccsc23)C1)C(C)C. The van der Waals surface area contributed by atoms with Crippen molar-refractivity contribution < 1.29 is 14.4 Å². The Labute approximate surface area is 174 Å². The molecule has 1 fully saturated rings. The van der Waals surface area contributed by atoms with Gasteiger partial charge in [-0.2, -0.15) is 0 Å². The lowest BCUT2D eigenvalue weighted by atomic mass is 9.90. The van der Waals surface area contributed by atoms with Crippen LogP contribution in [0, 0.1) is 5.92 Å². The standard InChI is InChI=1S/C21H28N4O3S/c1-12(2)18(23-13(3)26)21(28)25-15-6-4-5-14(11-15)24-20(27)16-7-9-22-17-8-10-29-19(16)17/h7-10,12,14-15,18H,4-6,11H2,1-3H3,(H,23,26)(H,24,27)(H,25,28)/t14?,15?,18-/m1/s1. The van der Waals surface area contributed by atoms with Gasteiger partial charge in [-0.25, -0.2) is 0 Å². The number of hydrogen-bond donors (Lipinski definition) is 3. The van der Waals surface area contributed by atoms with E-state index in [1.54, 1.807) is 12.3 Å². The van der Waals surface area contributed by atoms with E-state index in [2.05, 4.69) is 20.9 Å². The first-order chi connectivity index (χ1) is 13.8. The Bertz CT molecular complexity index is 895. The molecule has 2 aromatic heterocycles. The second-order valence-electron chi connectivity index (χ2n) is 7.96. The average molecular weight is 417 g/mol. The highest BCUT2D eigenvalue weighted by Crippen LogP contribution is 2.24. The Morgan fingerprint density at radius 2 is 1.86 bits per heavy atom. The summed E-state index contributed by atoms with van der Waals surface area (Å²) in [4.78, 5) is 41.1. The fraction of sp³-hybridized carbons (Fsp3) is 0.524. The molecule has 3 amide bonds. The van der Waals surface area contributed by atoms with Crippen molar-refractivity contribution in [1.82, 2.24) is 20.9 Å². The molecule has 3 rings (SSSR count). The number of hydrogen-bond acceptors (Lipinski definition) is 5. The summed E-state index contributed by atoms with van der Waals surface area (Å²) in [5.74, 6) is -0.487. The molecular weight excluding hydrogens is 388 g/mol. The third kappa shape index (κ3) is 5.32. The van der Waals surface area contributed by atoms with Crippen LogP contribution in [0.4, 0.5) is 0 Å². The average Bonchev–Trinajstić information content (AvgIpc) is 3.14. The molecule has 3 N–H and O–H groups in total. The largest absolute Gasteiger partial charge is 0.351 e. The van der Waals surface area contributed by atoms with Gasteiger partial charge in [0, 0.05) is 25.2 Å². The molecule has 1 saturated carbocycles. The highest BCUT2D eigenvalue weighted by molar-refractivity contribution is 7.17. The van der Waals surface area contributed by atoms with Crippen LogP contribution in [0.25, 0.3) is 10.2 Å². The number of carbonyl (C=O) groups excluding carboxylic acids is 3. The molecule has 3 atom stereocenters. The minimum Gasteiger partial charge on any atom is -0.351 e. The van der Waals surface area contributed by atoms with Gasteiger partial charge in [0.15, 0.2) is 0 Å².